The van der Waals surface area contributed by atoms with E-state index in [-0.39, 0.29) is 29.6 Å². The smallest absolute Gasteiger partial charge is 0.261 e. The summed E-state index contributed by atoms with van der Waals surface area (Å²) in [7, 11) is -3.75. The summed E-state index contributed by atoms with van der Waals surface area (Å²) in [6, 6.07) is 22.9. The Morgan fingerprint density at radius 3 is 2.50 bits per heavy atom. The quantitative estimate of drug-likeness (QED) is 0.256. The van der Waals surface area contributed by atoms with Crippen molar-refractivity contribution in [2.24, 2.45) is 5.92 Å². The van der Waals surface area contributed by atoms with Crippen LogP contribution in [0.1, 0.15) is 36.0 Å². The molecule has 0 spiro atoms. The molecule has 1 aliphatic heterocycles. The molecule has 4 atom stereocenters. The maximum Gasteiger partial charge on any atom is 0.261 e. The first kappa shape index (κ1) is 26.4. The van der Waals surface area contributed by atoms with Crippen molar-refractivity contribution in [1.29, 1.82) is 0 Å². The van der Waals surface area contributed by atoms with Crippen molar-refractivity contribution >= 4 is 27.5 Å². The van der Waals surface area contributed by atoms with Crippen LogP contribution in [0.2, 0.25) is 0 Å². The predicted molar refractivity (Wildman–Crippen MR) is 144 cm³/mol. The minimum absolute atomic E-state index is 0.00131. The maximum absolute atomic E-state index is 12.9. The van der Waals surface area contributed by atoms with Gasteiger partial charge in [-0.05, 0) is 35.4 Å². The van der Waals surface area contributed by atoms with Crippen LogP contribution in [0.25, 0.3) is 0 Å². The molecule has 0 aliphatic carbocycles. The molecular formula is C27H28N4O5S2. The largest absolute Gasteiger partial charge is 0.392 e. The zero-order valence-electron chi connectivity index (χ0n) is 20.6. The van der Waals surface area contributed by atoms with E-state index in [1.54, 1.807) is 48.5 Å². The van der Waals surface area contributed by atoms with Crippen LogP contribution in [0.3, 0.4) is 0 Å². The highest BCUT2D eigenvalue weighted by Crippen LogP contribution is 2.43. The maximum atomic E-state index is 12.9. The summed E-state index contributed by atoms with van der Waals surface area (Å²) in [6.45, 7) is 2.05. The average Bonchev–Trinajstić information content (AvgIpc) is 3.47. The molecule has 0 amide bonds. The van der Waals surface area contributed by atoms with E-state index < -0.39 is 16.3 Å². The van der Waals surface area contributed by atoms with E-state index in [9.17, 15) is 13.5 Å². The summed E-state index contributed by atoms with van der Waals surface area (Å²) >= 11 is 1.51. The minimum atomic E-state index is -3.75. The molecule has 198 valence electrons. The summed E-state index contributed by atoms with van der Waals surface area (Å²) in [5.74, 6) is 0.614. The number of hydrogen-bond donors (Lipinski definition) is 3. The molecule has 4 aromatic rings. The van der Waals surface area contributed by atoms with Crippen molar-refractivity contribution in [2.75, 3.05) is 10.5 Å². The summed E-state index contributed by atoms with van der Waals surface area (Å²) in [5.41, 5.74) is 2.89. The van der Waals surface area contributed by atoms with E-state index in [2.05, 4.69) is 26.8 Å². The number of rotatable bonds is 9. The van der Waals surface area contributed by atoms with Crippen LogP contribution in [-0.4, -0.2) is 40.6 Å². The number of ether oxygens (including phenoxy) is 2. The normalized spacial score (nSPS) is 21.7. The van der Waals surface area contributed by atoms with Crippen molar-refractivity contribution in [3.63, 3.8) is 0 Å². The van der Waals surface area contributed by atoms with E-state index in [0.717, 1.165) is 11.1 Å². The SMILES string of the molecule is C[C@@H]1[C@H](CSc2ncn[nH]2)O[C@H](c2cccc(NS(=O)(=O)c3ccccc3)c2)O[C@@H]1c1ccc(CO)cc1. The number of hydrogen-bond acceptors (Lipinski definition) is 8. The number of nitrogens with one attached hydrogen (secondary N) is 2. The number of thioether (sulfide) groups is 1. The molecular weight excluding hydrogens is 524 g/mol. The molecule has 11 heteroatoms. The molecule has 1 fully saturated rings. The van der Waals surface area contributed by atoms with Gasteiger partial charge in [-0.1, -0.05) is 73.3 Å². The number of aromatic nitrogens is 3. The Labute approximate surface area is 225 Å². The molecule has 0 unspecified atom stereocenters. The number of aliphatic hydroxyl groups is 1. The Bertz CT molecular complexity index is 1430. The van der Waals surface area contributed by atoms with E-state index in [4.69, 9.17) is 9.47 Å². The van der Waals surface area contributed by atoms with Crippen LogP contribution < -0.4 is 4.72 Å². The number of nitrogens with zero attached hydrogens (tertiary/aromatic N) is 2. The first-order valence-electron chi connectivity index (χ1n) is 12.1. The highest BCUT2D eigenvalue weighted by molar-refractivity contribution is 7.99. The van der Waals surface area contributed by atoms with Gasteiger partial charge in [0.15, 0.2) is 11.4 Å². The van der Waals surface area contributed by atoms with Crippen molar-refractivity contribution in [2.45, 2.75) is 42.1 Å². The topological polar surface area (TPSA) is 126 Å². The summed E-state index contributed by atoms with van der Waals surface area (Å²) < 4.78 is 41.3. The van der Waals surface area contributed by atoms with Crippen molar-refractivity contribution in [1.82, 2.24) is 15.2 Å². The van der Waals surface area contributed by atoms with Gasteiger partial charge in [-0.3, -0.25) is 9.82 Å². The first-order chi connectivity index (χ1) is 18.4. The van der Waals surface area contributed by atoms with Crippen LogP contribution in [0.5, 0.6) is 0 Å². The second-order valence-corrected chi connectivity index (χ2v) is 11.7. The standard InChI is InChI=1S/C27H28N4O5S2/c1-18-24(16-37-27-28-17-29-30-27)35-26(36-25(18)20-12-10-19(15-32)11-13-20)21-6-5-7-22(14-21)31-38(33,34)23-8-3-2-4-9-23/h2-14,17-18,24-26,31-32H,15-16H2,1H3,(H,28,29,30)/t18-,24+,25+,26+/m1/s1. The third kappa shape index (κ3) is 6.08. The van der Waals surface area contributed by atoms with Crippen molar-refractivity contribution in [3.8, 4) is 0 Å². The van der Waals surface area contributed by atoms with Gasteiger partial charge in [0.2, 0.25) is 0 Å². The van der Waals surface area contributed by atoms with E-state index >= 15 is 0 Å². The Kier molecular flexibility index (Phi) is 8.10. The van der Waals surface area contributed by atoms with Gasteiger partial charge in [0, 0.05) is 22.9 Å². The van der Waals surface area contributed by atoms with E-state index in [1.807, 2.05) is 30.3 Å². The van der Waals surface area contributed by atoms with E-state index in [1.165, 1.54) is 18.1 Å². The monoisotopic (exact) mass is 552 g/mol. The molecule has 1 saturated heterocycles. The fourth-order valence-electron chi connectivity index (χ4n) is 4.30. The van der Waals surface area contributed by atoms with Gasteiger partial charge < -0.3 is 14.6 Å². The molecule has 0 saturated carbocycles. The second-order valence-electron chi connectivity index (χ2n) is 8.97. The molecule has 0 bridgehead atoms. The summed E-state index contributed by atoms with van der Waals surface area (Å²) in [6.07, 6.45) is 0.255. The van der Waals surface area contributed by atoms with Crippen LogP contribution >= 0.6 is 11.8 Å². The lowest BCUT2D eigenvalue weighted by molar-refractivity contribution is -0.268. The molecule has 0 radical (unpaired) electrons. The zero-order chi connectivity index (χ0) is 26.5. The van der Waals surface area contributed by atoms with Crippen LogP contribution in [0, 0.1) is 5.92 Å². The zero-order valence-corrected chi connectivity index (χ0v) is 22.2. The molecule has 3 N–H and O–H groups in total. The third-order valence-corrected chi connectivity index (χ3v) is 8.73. The van der Waals surface area contributed by atoms with Gasteiger partial charge in [-0.25, -0.2) is 13.4 Å². The van der Waals surface area contributed by atoms with Gasteiger partial charge in [-0.15, -0.1) is 0 Å². The third-order valence-electron chi connectivity index (χ3n) is 6.37. The number of anilines is 1. The Morgan fingerprint density at radius 2 is 1.79 bits per heavy atom. The van der Waals surface area contributed by atoms with Crippen LogP contribution in [-0.2, 0) is 26.1 Å². The molecule has 38 heavy (non-hydrogen) atoms. The number of aromatic amines is 1. The lowest BCUT2D eigenvalue weighted by Gasteiger charge is -2.41. The van der Waals surface area contributed by atoms with Crippen LogP contribution in [0.15, 0.2) is 95.2 Å². The number of sulfonamides is 1. The van der Waals surface area contributed by atoms with Gasteiger partial charge in [0.1, 0.15) is 6.33 Å². The molecule has 1 aromatic heterocycles. The van der Waals surface area contributed by atoms with Gasteiger partial charge in [-0.2, -0.15) is 5.10 Å². The number of benzene rings is 3. The van der Waals surface area contributed by atoms with Crippen molar-refractivity contribution < 1.29 is 23.0 Å². The van der Waals surface area contributed by atoms with E-state index in [0.29, 0.717) is 22.2 Å². The molecule has 3 aromatic carbocycles. The van der Waals surface area contributed by atoms with Gasteiger partial charge >= 0.3 is 0 Å². The molecule has 1 aliphatic rings. The first-order valence-corrected chi connectivity index (χ1v) is 14.6. The number of aliphatic hydroxyl groups excluding tert-OH is 1. The molecule has 9 nitrogen and oxygen atoms in total. The van der Waals surface area contributed by atoms with Gasteiger partial charge in [0.05, 0.1) is 23.7 Å². The summed E-state index contributed by atoms with van der Waals surface area (Å²) in [4.78, 5) is 4.37. The minimum Gasteiger partial charge on any atom is -0.392 e. The second kappa shape index (κ2) is 11.7. The predicted octanol–water partition coefficient (Wildman–Crippen LogP) is 4.68. The number of H-pyrrole nitrogens is 1. The highest BCUT2D eigenvalue weighted by Gasteiger charge is 2.38. The van der Waals surface area contributed by atoms with Crippen molar-refractivity contribution in [3.05, 3.63) is 102 Å². The fourth-order valence-corrected chi connectivity index (χ4v) is 6.31. The Morgan fingerprint density at radius 1 is 1.00 bits per heavy atom. The fraction of sp³-hybridized carbons (Fsp3) is 0.259. The Hall–Kier alpha value is -3.22. The molecule has 5 rings (SSSR count). The Balaban J connectivity index is 1.40. The lowest BCUT2D eigenvalue weighted by Crippen LogP contribution is -2.38. The van der Waals surface area contributed by atoms with Crippen LogP contribution in [0.4, 0.5) is 5.69 Å². The average molecular weight is 553 g/mol. The summed E-state index contributed by atoms with van der Waals surface area (Å²) in [5, 5.41) is 16.9. The lowest BCUT2D eigenvalue weighted by atomic mass is 9.91. The molecule has 2 heterocycles. The highest BCUT2D eigenvalue weighted by atomic mass is 32.2. The van der Waals surface area contributed by atoms with Gasteiger partial charge in [0.25, 0.3) is 10.0 Å².